The van der Waals surface area contributed by atoms with Crippen LogP contribution in [0, 0.1) is 5.41 Å². The van der Waals surface area contributed by atoms with Crippen LogP contribution in [0.4, 0.5) is 0 Å². The minimum Gasteiger partial charge on any atom is -0.361 e. The van der Waals surface area contributed by atoms with Crippen LogP contribution in [0.5, 0.6) is 0 Å². The van der Waals surface area contributed by atoms with Crippen molar-refractivity contribution in [1.82, 2.24) is 0 Å². The van der Waals surface area contributed by atoms with E-state index in [1.807, 2.05) is 32.9 Å². The van der Waals surface area contributed by atoms with Crippen molar-refractivity contribution >= 4 is 17.4 Å². The van der Waals surface area contributed by atoms with Crippen LogP contribution in [0.15, 0.2) is 12.2 Å². The van der Waals surface area contributed by atoms with E-state index in [2.05, 4.69) is 0 Å². The molecule has 2 rings (SSSR count). The summed E-state index contributed by atoms with van der Waals surface area (Å²) in [7, 11) is 0. The Bertz CT molecular complexity index is 295. The van der Waals surface area contributed by atoms with Crippen molar-refractivity contribution in [3.63, 3.8) is 0 Å². The molecule has 3 heteroatoms. The Morgan fingerprint density at radius 1 is 1.46 bits per heavy atom. The monoisotopic (exact) mass is 200 g/mol. The maximum Gasteiger partial charge on any atom is 0.162 e. The first-order valence-corrected chi connectivity index (χ1v) is 4.88. The van der Waals surface area contributed by atoms with E-state index in [9.17, 15) is 4.79 Å². The van der Waals surface area contributed by atoms with Gasteiger partial charge < -0.3 is 4.74 Å². The van der Waals surface area contributed by atoms with Gasteiger partial charge >= 0.3 is 0 Å². The fourth-order valence-corrected chi connectivity index (χ4v) is 2.30. The van der Waals surface area contributed by atoms with E-state index < -0.39 is 16.4 Å². The average Bonchev–Trinajstić information content (AvgIpc) is 2.43. The quantitative estimate of drug-likeness (QED) is 0.441. The molecule has 0 saturated carbocycles. The minimum atomic E-state index is -0.526. The number of alkyl halides is 1. The molecule has 0 N–H and O–H groups in total. The first kappa shape index (κ1) is 9.22. The van der Waals surface area contributed by atoms with E-state index in [1.54, 1.807) is 0 Å². The number of hydrogen-bond donors (Lipinski definition) is 0. The van der Waals surface area contributed by atoms with Crippen molar-refractivity contribution in [1.29, 1.82) is 0 Å². The topological polar surface area (TPSA) is 26.3 Å². The SMILES string of the molecule is CC12C=CC(O1)C(Cl)C(=O)C2(C)C. The van der Waals surface area contributed by atoms with Crippen LogP contribution in [-0.2, 0) is 9.53 Å². The molecule has 0 radical (unpaired) electrons. The molecular weight excluding hydrogens is 188 g/mol. The van der Waals surface area contributed by atoms with Gasteiger partial charge in [0, 0.05) is 0 Å². The van der Waals surface area contributed by atoms with Crippen LogP contribution >= 0.6 is 11.6 Å². The number of ketones is 1. The fourth-order valence-electron chi connectivity index (χ4n) is 1.89. The second kappa shape index (κ2) is 2.37. The molecule has 2 nitrogen and oxygen atoms in total. The smallest absolute Gasteiger partial charge is 0.162 e. The second-order valence-corrected chi connectivity index (χ2v) is 4.91. The van der Waals surface area contributed by atoms with Gasteiger partial charge in [0.2, 0.25) is 0 Å². The minimum absolute atomic E-state index is 0.0814. The summed E-state index contributed by atoms with van der Waals surface area (Å²) in [4.78, 5) is 11.9. The predicted molar refractivity (Wildman–Crippen MR) is 50.8 cm³/mol. The number of carbonyl (C=O) groups is 1. The standard InChI is InChI=1S/C10H13ClO2/c1-9(2)8(12)7(11)6-4-5-10(9,3)13-6/h4-7H,1-3H3. The highest BCUT2D eigenvalue weighted by Crippen LogP contribution is 2.47. The van der Waals surface area contributed by atoms with Gasteiger partial charge in [0.25, 0.3) is 0 Å². The third kappa shape index (κ3) is 0.960. The molecule has 0 aromatic rings. The Morgan fingerprint density at radius 2 is 2.08 bits per heavy atom. The van der Waals surface area contributed by atoms with Crippen molar-refractivity contribution in [2.45, 2.75) is 37.9 Å². The lowest BCUT2D eigenvalue weighted by atomic mass is 9.71. The molecule has 0 spiro atoms. The van der Waals surface area contributed by atoms with Crippen LogP contribution in [0.2, 0.25) is 0 Å². The van der Waals surface area contributed by atoms with Crippen LogP contribution in [0.1, 0.15) is 20.8 Å². The molecule has 72 valence electrons. The normalized spacial score (nSPS) is 46.9. The zero-order valence-electron chi connectivity index (χ0n) is 8.00. The molecule has 1 fully saturated rings. The van der Waals surface area contributed by atoms with Crippen molar-refractivity contribution in [3.05, 3.63) is 12.2 Å². The van der Waals surface area contributed by atoms with E-state index in [0.717, 1.165) is 0 Å². The fraction of sp³-hybridized carbons (Fsp3) is 0.700. The van der Waals surface area contributed by atoms with Crippen LogP contribution in [0.25, 0.3) is 0 Å². The Kier molecular flexibility index (Phi) is 1.68. The third-order valence-corrected chi connectivity index (χ3v) is 3.83. The van der Waals surface area contributed by atoms with Gasteiger partial charge in [-0.15, -0.1) is 11.6 Å². The lowest BCUT2D eigenvalue weighted by Gasteiger charge is -2.45. The number of ether oxygens (including phenoxy) is 1. The van der Waals surface area contributed by atoms with Crippen molar-refractivity contribution < 1.29 is 9.53 Å². The summed E-state index contributed by atoms with van der Waals surface area (Å²) < 4.78 is 5.72. The summed E-state index contributed by atoms with van der Waals surface area (Å²) in [5, 5.41) is -0.526. The Labute approximate surface area is 82.9 Å². The zero-order valence-corrected chi connectivity index (χ0v) is 8.76. The molecule has 2 bridgehead atoms. The van der Waals surface area contributed by atoms with E-state index >= 15 is 0 Å². The molecule has 2 heterocycles. The summed E-state index contributed by atoms with van der Waals surface area (Å²) in [5.41, 5.74) is -0.997. The highest BCUT2D eigenvalue weighted by atomic mass is 35.5. The highest BCUT2D eigenvalue weighted by molar-refractivity contribution is 6.33. The molecule has 0 aromatic heterocycles. The van der Waals surface area contributed by atoms with E-state index in [1.165, 1.54) is 0 Å². The molecule has 0 amide bonds. The molecule has 0 aromatic carbocycles. The Hall–Kier alpha value is -0.340. The third-order valence-electron chi connectivity index (χ3n) is 3.38. The van der Waals surface area contributed by atoms with E-state index in [-0.39, 0.29) is 11.9 Å². The van der Waals surface area contributed by atoms with Gasteiger partial charge in [-0.3, -0.25) is 4.79 Å². The van der Waals surface area contributed by atoms with Gasteiger partial charge in [-0.05, 0) is 20.8 Å². The van der Waals surface area contributed by atoms with Crippen LogP contribution in [0.3, 0.4) is 0 Å². The van der Waals surface area contributed by atoms with E-state index in [4.69, 9.17) is 16.3 Å². The second-order valence-electron chi connectivity index (χ2n) is 4.44. The summed E-state index contributed by atoms with van der Waals surface area (Å²) >= 11 is 5.98. The molecular formula is C10H13ClO2. The summed E-state index contributed by atoms with van der Waals surface area (Å²) in [6.07, 6.45) is 3.62. The summed E-state index contributed by atoms with van der Waals surface area (Å²) in [6, 6.07) is 0. The van der Waals surface area contributed by atoms with Gasteiger partial charge in [-0.2, -0.15) is 0 Å². The van der Waals surface area contributed by atoms with Gasteiger partial charge in [0.1, 0.15) is 11.5 Å². The molecule has 2 aliphatic rings. The average molecular weight is 201 g/mol. The first-order chi connectivity index (χ1) is 5.88. The van der Waals surface area contributed by atoms with Crippen molar-refractivity contribution in [3.8, 4) is 0 Å². The zero-order chi connectivity index (χ0) is 9.85. The molecule has 2 aliphatic heterocycles. The molecule has 0 aliphatic carbocycles. The lowest BCUT2D eigenvalue weighted by Crippen LogP contribution is -2.56. The molecule has 3 unspecified atom stereocenters. The van der Waals surface area contributed by atoms with Crippen molar-refractivity contribution in [2.24, 2.45) is 5.41 Å². The Morgan fingerprint density at radius 3 is 2.69 bits per heavy atom. The Balaban J connectivity index is 2.48. The van der Waals surface area contributed by atoms with Crippen molar-refractivity contribution in [2.75, 3.05) is 0 Å². The first-order valence-electron chi connectivity index (χ1n) is 4.44. The number of Topliss-reactive ketones (excluding diaryl/α,β-unsaturated/α-hetero) is 1. The predicted octanol–water partition coefficient (Wildman–Crippen LogP) is 1.92. The van der Waals surface area contributed by atoms with Gasteiger partial charge in [-0.25, -0.2) is 0 Å². The van der Waals surface area contributed by atoms with Gasteiger partial charge in [0.05, 0.1) is 11.0 Å². The maximum absolute atomic E-state index is 11.9. The van der Waals surface area contributed by atoms with Gasteiger partial charge in [-0.1, -0.05) is 12.2 Å². The molecule has 3 atom stereocenters. The number of fused-ring (bicyclic) bond motifs is 2. The molecule has 1 saturated heterocycles. The maximum atomic E-state index is 11.9. The summed E-state index contributed by atoms with van der Waals surface area (Å²) in [5.74, 6) is 0.0814. The number of carbonyl (C=O) groups excluding carboxylic acids is 1. The van der Waals surface area contributed by atoms with Crippen LogP contribution in [-0.4, -0.2) is 22.9 Å². The lowest BCUT2D eigenvalue weighted by molar-refractivity contribution is -0.161. The highest BCUT2D eigenvalue weighted by Gasteiger charge is 2.57. The molecule has 13 heavy (non-hydrogen) atoms. The number of hydrogen-bond acceptors (Lipinski definition) is 2. The largest absolute Gasteiger partial charge is 0.361 e. The summed E-state index contributed by atoms with van der Waals surface area (Å²) in [6.45, 7) is 5.71. The van der Waals surface area contributed by atoms with Crippen LogP contribution < -0.4 is 0 Å². The van der Waals surface area contributed by atoms with Gasteiger partial charge in [0.15, 0.2) is 5.78 Å². The number of halogens is 1. The van der Waals surface area contributed by atoms with E-state index in [0.29, 0.717) is 0 Å². The number of rotatable bonds is 0.